The van der Waals surface area contributed by atoms with Crippen molar-refractivity contribution < 1.29 is 13.2 Å². The molecule has 1 rings (SSSR count). The third-order valence-corrected chi connectivity index (χ3v) is 4.01. The van der Waals surface area contributed by atoms with Crippen molar-refractivity contribution in [1.82, 2.24) is 9.80 Å². The molecule has 1 heterocycles. The van der Waals surface area contributed by atoms with Gasteiger partial charge in [-0.25, -0.2) is 0 Å². The van der Waals surface area contributed by atoms with E-state index in [0.717, 1.165) is 25.4 Å². The van der Waals surface area contributed by atoms with Crippen LogP contribution in [0.25, 0.3) is 0 Å². The average Bonchev–Trinajstić information content (AvgIpc) is 2.25. The van der Waals surface area contributed by atoms with Crippen LogP contribution in [0.1, 0.15) is 13.8 Å². The van der Waals surface area contributed by atoms with Gasteiger partial charge in [0.2, 0.25) is 0 Å². The van der Waals surface area contributed by atoms with Crippen molar-refractivity contribution in [3.63, 3.8) is 0 Å². The first-order chi connectivity index (χ1) is 8.31. The van der Waals surface area contributed by atoms with Gasteiger partial charge in [-0.2, -0.15) is 25.8 Å². The largest absolute Gasteiger partial charge is 0.401 e. The quantitative estimate of drug-likeness (QED) is 0.774. The van der Waals surface area contributed by atoms with E-state index in [2.05, 4.69) is 31.4 Å². The summed E-state index contributed by atoms with van der Waals surface area (Å²) < 4.78 is 36.7. The third kappa shape index (κ3) is 5.80. The van der Waals surface area contributed by atoms with Crippen molar-refractivity contribution in [2.45, 2.75) is 20.0 Å². The van der Waals surface area contributed by atoms with Crippen LogP contribution in [0, 0.1) is 11.8 Å². The van der Waals surface area contributed by atoms with Crippen molar-refractivity contribution >= 4 is 12.6 Å². The second-order valence-corrected chi connectivity index (χ2v) is 5.74. The summed E-state index contributed by atoms with van der Waals surface area (Å²) in [4.78, 5) is 3.75. The Kier molecular flexibility index (Phi) is 6.27. The number of nitrogens with zero attached hydrogens (tertiary/aromatic N) is 2. The molecule has 1 aliphatic heterocycles. The van der Waals surface area contributed by atoms with Gasteiger partial charge in [-0.05, 0) is 17.6 Å². The molecule has 1 saturated heterocycles. The van der Waals surface area contributed by atoms with Gasteiger partial charge in [0.1, 0.15) is 0 Å². The predicted octanol–water partition coefficient (Wildman–Crippen LogP) is 2.37. The highest BCUT2D eigenvalue weighted by Crippen LogP contribution is 2.19. The van der Waals surface area contributed by atoms with Gasteiger partial charge in [0.25, 0.3) is 0 Å². The van der Waals surface area contributed by atoms with Crippen LogP contribution in [-0.2, 0) is 0 Å². The number of hydrogen-bond donors (Lipinski definition) is 1. The number of piperazine rings is 1. The summed E-state index contributed by atoms with van der Waals surface area (Å²) in [5, 5.41) is 0. The minimum Gasteiger partial charge on any atom is -0.300 e. The predicted molar refractivity (Wildman–Crippen MR) is 71.1 cm³/mol. The summed E-state index contributed by atoms with van der Waals surface area (Å²) in [7, 11) is 0. The van der Waals surface area contributed by atoms with Crippen LogP contribution in [0.15, 0.2) is 0 Å². The fourth-order valence-corrected chi connectivity index (χ4v) is 2.73. The van der Waals surface area contributed by atoms with E-state index in [1.165, 1.54) is 4.90 Å². The molecule has 0 radical (unpaired) electrons. The van der Waals surface area contributed by atoms with Gasteiger partial charge < -0.3 is 4.90 Å². The molecule has 0 aromatic rings. The summed E-state index contributed by atoms with van der Waals surface area (Å²) >= 11 is 4.34. The second-order valence-electron chi connectivity index (χ2n) is 5.38. The highest BCUT2D eigenvalue weighted by molar-refractivity contribution is 7.80. The lowest BCUT2D eigenvalue weighted by Crippen LogP contribution is -2.50. The third-order valence-electron chi connectivity index (χ3n) is 3.54. The Labute approximate surface area is 113 Å². The summed E-state index contributed by atoms with van der Waals surface area (Å²) in [5.41, 5.74) is 0. The molecule has 0 N–H and O–H groups in total. The van der Waals surface area contributed by atoms with Gasteiger partial charge in [-0.1, -0.05) is 13.8 Å². The molecular weight excluding hydrogens is 261 g/mol. The number of alkyl halides is 3. The van der Waals surface area contributed by atoms with Gasteiger partial charge in [-0.3, -0.25) is 4.90 Å². The molecule has 0 saturated carbocycles. The molecule has 0 spiro atoms. The Morgan fingerprint density at radius 1 is 1.06 bits per heavy atom. The number of hydrogen-bond acceptors (Lipinski definition) is 3. The van der Waals surface area contributed by atoms with E-state index < -0.39 is 12.7 Å². The highest BCUT2D eigenvalue weighted by atomic mass is 32.1. The standard InChI is InChI=1S/C12H23F3N2S/c1-10(2)11(8-18)7-16-3-5-17(6-4-16)9-12(13,14)15/h10-11,18H,3-9H2,1-2H3. The number of halogens is 3. The zero-order chi connectivity index (χ0) is 13.8. The molecule has 6 heteroatoms. The summed E-state index contributed by atoms with van der Waals surface area (Å²) in [6, 6.07) is 0. The van der Waals surface area contributed by atoms with E-state index in [0.29, 0.717) is 24.9 Å². The van der Waals surface area contributed by atoms with Crippen LogP contribution in [0.2, 0.25) is 0 Å². The molecule has 18 heavy (non-hydrogen) atoms. The number of thiol groups is 1. The first-order valence-corrected chi connectivity index (χ1v) is 7.07. The van der Waals surface area contributed by atoms with Gasteiger partial charge in [0.15, 0.2) is 0 Å². The van der Waals surface area contributed by atoms with Crippen molar-refractivity contribution in [3.05, 3.63) is 0 Å². The SMILES string of the molecule is CC(C)C(CS)CN1CCN(CC(F)(F)F)CC1. The average molecular weight is 284 g/mol. The Hall–Kier alpha value is 0.0600. The molecule has 108 valence electrons. The zero-order valence-corrected chi connectivity index (χ0v) is 12.0. The molecule has 1 atom stereocenters. The van der Waals surface area contributed by atoms with Crippen LogP contribution in [0.4, 0.5) is 13.2 Å². The van der Waals surface area contributed by atoms with Gasteiger partial charge in [0, 0.05) is 32.7 Å². The lowest BCUT2D eigenvalue weighted by Gasteiger charge is -2.37. The van der Waals surface area contributed by atoms with E-state index in [-0.39, 0.29) is 0 Å². The minimum absolute atomic E-state index is 0.511. The van der Waals surface area contributed by atoms with Crippen LogP contribution in [-0.4, -0.2) is 61.0 Å². The van der Waals surface area contributed by atoms with E-state index in [9.17, 15) is 13.2 Å². The lowest BCUT2D eigenvalue weighted by molar-refractivity contribution is -0.149. The normalized spacial score (nSPS) is 21.5. The molecule has 1 unspecified atom stereocenters. The molecular formula is C12H23F3N2S. The van der Waals surface area contributed by atoms with E-state index in [1.54, 1.807) is 0 Å². The smallest absolute Gasteiger partial charge is 0.300 e. The minimum atomic E-state index is -4.08. The van der Waals surface area contributed by atoms with Gasteiger partial charge in [-0.15, -0.1) is 0 Å². The van der Waals surface area contributed by atoms with Crippen molar-refractivity contribution in [2.75, 3.05) is 45.0 Å². The van der Waals surface area contributed by atoms with Crippen molar-refractivity contribution in [3.8, 4) is 0 Å². The first-order valence-electron chi connectivity index (χ1n) is 6.44. The maximum atomic E-state index is 12.2. The maximum absolute atomic E-state index is 12.2. The summed E-state index contributed by atoms with van der Waals surface area (Å²) in [5.74, 6) is 1.92. The van der Waals surface area contributed by atoms with Crippen LogP contribution < -0.4 is 0 Å². The number of rotatable bonds is 5. The molecule has 0 bridgehead atoms. The van der Waals surface area contributed by atoms with E-state index in [1.807, 2.05) is 0 Å². The molecule has 0 amide bonds. The zero-order valence-electron chi connectivity index (χ0n) is 11.1. The molecule has 0 aromatic heterocycles. The fraction of sp³-hybridized carbons (Fsp3) is 1.00. The van der Waals surface area contributed by atoms with Crippen molar-refractivity contribution in [2.24, 2.45) is 11.8 Å². The molecule has 0 aromatic carbocycles. The Balaban J connectivity index is 2.31. The Morgan fingerprint density at radius 3 is 1.94 bits per heavy atom. The van der Waals surface area contributed by atoms with Crippen LogP contribution >= 0.6 is 12.6 Å². The van der Waals surface area contributed by atoms with Crippen molar-refractivity contribution in [1.29, 1.82) is 0 Å². The van der Waals surface area contributed by atoms with E-state index >= 15 is 0 Å². The second kappa shape index (κ2) is 7.01. The molecule has 1 fully saturated rings. The first kappa shape index (κ1) is 16.1. The Morgan fingerprint density at radius 2 is 1.56 bits per heavy atom. The topological polar surface area (TPSA) is 6.48 Å². The summed E-state index contributed by atoms with van der Waals surface area (Å²) in [6.07, 6.45) is -4.08. The van der Waals surface area contributed by atoms with E-state index in [4.69, 9.17) is 0 Å². The fourth-order valence-electron chi connectivity index (χ4n) is 2.19. The highest BCUT2D eigenvalue weighted by Gasteiger charge is 2.32. The van der Waals surface area contributed by atoms with Gasteiger partial charge >= 0.3 is 6.18 Å². The van der Waals surface area contributed by atoms with Crippen LogP contribution in [0.3, 0.4) is 0 Å². The molecule has 2 nitrogen and oxygen atoms in total. The summed E-state index contributed by atoms with van der Waals surface area (Å²) in [6.45, 7) is 6.98. The Bertz CT molecular complexity index is 238. The maximum Gasteiger partial charge on any atom is 0.401 e. The van der Waals surface area contributed by atoms with Gasteiger partial charge in [0.05, 0.1) is 6.54 Å². The molecule has 0 aliphatic carbocycles. The monoisotopic (exact) mass is 284 g/mol. The van der Waals surface area contributed by atoms with Crippen LogP contribution in [0.5, 0.6) is 0 Å². The lowest BCUT2D eigenvalue weighted by atomic mass is 9.97. The molecule has 1 aliphatic rings.